The van der Waals surface area contributed by atoms with E-state index in [9.17, 15) is 0 Å². The largest absolute Gasteiger partial charge is 0.376 e. The molecule has 0 aliphatic carbocycles. The molecule has 0 aromatic rings. The number of nitrogens with two attached hydrogens (primary N) is 1. The Bertz CT molecular complexity index is 155. The first kappa shape index (κ1) is 13.7. The standard InChI is InChI=1S/C11H24N2S/c1-9(2)5-7-13(11(12)14)8-6-10(3)4/h9-10H,5-8H2,1-4H3,(H2,12,14). The highest BCUT2D eigenvalue weighted by Crippen LogP contribution is 2.06. The fourth-order valence-electron chi connectivity index (χ4n) is 1.16. The van der Waals surface area contributed by atoms with Crippen molar-refractivity contribution in [3.63, 3.8) is 0 Å². The lowest BCUT2D eigenvalue weighted by Crippen LogP contribution is -2.37. The zero-order chi connectivity index (χ0) is 11.1. The quantitative estimate of drug-likeness (QED) is 0.692. The number of nitrogens with zero attached hydrogens (tertiary/aromatic N) is 1. The van der Waals surface area contributed by atoms with Gasteiger partial charge in [0.25, 0.3) is 0 Å². The molecule has 0 aromatic heterocycles. The zero-order valence-corrected chi connectivity index (χ0v) is 10.7. The second-order valence-electron chi connectivity index (χ2n) is 4.69. The molecule has 0 aliphatic rings. The van der Waals surface area contributed by atoms with Gasteiger partial charge in [-0.15, -0.1) is 0 Å². The Kier molecular flexibility index (Phi) is 6.89. The minimum atomic E-state index is 0.548. The van der Waals surface area contributed by atoms with E-state index >= 15 is 0 Å². The van der Waals surface area contributed by atoms with Gasteiger partial charge in [-0.1, -0.05) is 27.7 Å². The summed E-state index contributed by atoms with van der Waals surface area (Å²) in [6.45, 7) is 10.9. The third-order valence-corrected chi connectivity index (χ3v) is 2.52. The van der Waals surface area contributed by atoms with Gasteiger partial charge in [0.15, 0.2) is 5.11 Å². The summed E-state index contributed by atoms with van der Waals surface area (Å²) in [6.07, 6.45) is 2.32. The van der Waals surface area contributed by atoms with Gasteiger partial charge >= 0.3 is 0 Å². The monoisotopic (exact) mass is 216 g/mol. The Labute approximate surface area is 93.8 Å². The second-order valence-corrected chi connectivity index (χ2v) is 5.11. The van der Waals surface area contributed by atoms with Gasteiger partial charge in [-0.25, -0.2) is 0 Å². The minimum absolute atomic E-state index is 0.548. The van der Waals surface area contributed by atoms with Crippen LogP contribution in [0, 0.1) is 11.8 Å². The first-order valence-corrected chi connectivity index (χ1v) is 5.88. The molecule has 0 aromatic carbocycles. The molecule has 0 rings (SSSR count). The summed E-state index contributed by atoms with van der Waals surface area (Å²) in [5, 5.41) is 0.548. The van der Waals surface area contributed by atoms with Crippen LogP contribution in [0.3, 0.4) is 0 Å². The van der Waals surface area contributed by atoms with Crippen molar-refractivity contribution in [2.75, 3.05) is 13.1 Å². The molecule has 0 bridgehead atoms. The molecule has 0 saturated carbocycles. The maximum absolute atomic E-state index is 5.67. The summed E-state index contributed by atoms with van der Waals surface area (Å²) < 4.78 is 0. The van der Waals surface area contributed by atoms with Crippen molar-refractivity contribution in [2.24, 2.45) is 17.6 Å². The Hall–Kier alpha value is -0.310. The molecule has 0 aliphatic heterocycles. The molecule has 2 nitrogen and oxygen atoms in total. The van der Waals surface area contributed by atoms with Gasteiger partial charge in [-0.3, -0.25) is 0 Å². The third kappa shape index (κ3) is 7.13. The van der Waals surface area contributed by atoms with Crippen LogP contribution in [0.1, 0.15) is 40.5 Å². The van der Waals surface area contributed by atoms with Crippen LogP contribution in [0.25, 0.3) is 0 Å². The normalized spacial score (nSPS) is 11.0. The highest BCUT2D eigenvalue weighted by atomic mass is 32.1. The first-order valence-electron chi connectivity index (χ1n) is 5.47. The van der Waals surface area contributed by atoms with E-state index in [0.29, 0.717) is 16.9 Å². The van der Waals surface area contributed by atoms with Crippen LogP contribution in [0.2, 0.25) is 0 Å². The third-order valence-electron chi connectivity index (χ3n) is 2.26. The highest BCUT2D eigenvalue weighted by Gasteiger charge is 2.07. The zero-order valence-electron chi connectivity index (χ0n) is 9.92. The molecule has 3 heteroatoms. The van der Waals surface area contributed by atoms with Crippen molar-refractivity contribution >= 4 is 17.3 Å². The van der Waals surface area contributed by atoms with E-state index in [1.807, 2.05) is 0 Å². The van der Waals surface area contributed by atoms with E-state index in [4.69, 9.17) is 18.0 Å². The lowest BCUT2D eigenvalue weighted by Gasteiger charge is -2.24. The van der Waals surface area contributed by atoms with Crippen molar-refractivity contribution in [2.45, 2.75) is 40.5 Å². The number of rotatable bonds is 6. The van der Waals surface area contributed by atoms with Crippen molar-refractivity contribution in [1.29, 1.82) is 0 Å². The van der Waals surface area contributed by atoms with E-state index < -0.39 is 0 Å². The summed E-state index contributed by atoms with van der Waals surface area (Å²) >= 11 is 5.02. The van der Waals surface area contributed by atoms with Crippen LogP contribution in [0.5, 0.6) is 0 Å². The predicted octanol–water partition coefficient (Wildman–Crippen LogP) is 2.62. The van der Waals surface area contributed by atoms with Crippen LogP contribution >= 0.6 is 12.2 Å². The van der Waals surface area contributed by atoms with Crippen molar-refractivity contribution in [1.82, 2.24) is 4.90 Å². The number of hydrogen-bond donors (Lipinski definition) is 1. The van der Waals surface area contributed by atoms with Crippen molar-refractivity contribution < 1.29 is 0 Å². The molecule has 0 fully saturated rings. The topological polar surface area (TPSA) is 29.3 Å². The average Bonchev–Trinajstić information content (AvgIpc) is 2.02. The SMILES string of the molecule is CC(C)CCN(CCC(C)C)C(N)=S. The Morgan fingerprint density at radius 2 is 1.43 bits per heavy atom. The Morgan fingerprint density at radius 1 is 1.07 bits per heavy atom. The van der Waals surface area contributed by atoms with Crippen LogP contribution < -0.4 is 5.73 Å². The smallest absolute Gasteiger partial charge is 0.166 e. The Balaban J connectivity index is 3.84. The molecule has 14 heavy (non-hydrogen) atoms. The summed E-state index contributed by atoms with van der Waals surface area (Å²) in [4.78, 5) is 2.12. The summed E-state index contributed by atoms with van der Waals surface area (Å²) in [7, 11) is 0. The Morgan fingerprint density at radius 3 is 1.64 bits per heavy atom. The molecule has 0 radical (unpaired) electrons. The van der Waals surface area contributed by atoms with Crippen LogP contribution in [-0.4, -0.2) is 23.1 Å². The van der Waals surface area contributed by atoms with Gasteiger partial charge in [0.2, 0.25) is 0 Å². The fraction of sp³-hybridized carbons (Fsp3) is 0.909. The van der Waals surface area contributed by atoms with E-state index in [1.54, 1.807) is 0 Å². The van der Waals surface area contributed by atoms with Gasteiger partial charge in [0.05, 0.1) is 0 Å². The summed E-state index contributed by atoms with van der Waals surface area (Å²) in [5.74, 6) is 1.43. The van der Waals surface area contributed by atoms with Gasteiger partial charge in [-0.05, 0) is 36.9 Å². The minimum Gasteiger partial charge on any atom is -0.376 e. The van der Waals surface area contributed by atoms with Gasteiger partial charge in [0, 0.05) is 13.1 Å². The maximum Gasteiger partial charge on any atom is 0.166 e. The van der Waals surface area contributed by atoms with Crippen LogP contribution in [-0.2, 0) is 0 Å². The molecule has 0 atom stereocenters. The molecule has 0 amide bonds. The summed E-state index contributed by atoms with van der Waals surface area (Å²) in [6, 6.07) is 0. The van der Waals surface area contributed by atoms with E-state index in [1.165, 1.54) is 0 Å². The summed E-state index contributed by atoms with van der Waals surface area (Å²) in [5.41, 5.74) is 5.67. The van der Waals surface area contributed by atoms with Crippen molar-refractivity contribution in [3.8, 4) is 0 Å². The molecule has 0 saturated heterocycles. The molecule has 0 heterocycles. The van der Waals surface area contributed by atoms with Crippen LogP contribution in [0.4, 0.5) is 0 Å². The van der Waals surface area contributed by atoms with Gasteiger partial charge < -0.3 is 10.6 Å². The van der Waals surface area contributed by atoms with E-state index in [2.05, 4.69) is 32.6 Å². The first-order chi connectivity index (χ1) is 6.43. The van der Waals surface area contributed by atoms with Gasteiger partial charge in [0.1, 0.15) is 0 Å². The second kappa shape index (κ2) is 7.04. The molecular formula is C11H24N2S. The molecular weight excluding hydrogens is 192 g/mol. The number of hydrogen-bond acceptors (Lipinski definition) is 1. The average molecular weight is 216 g/mol. The van der Waals surface area contributed by atoms with E-state index in [-0.39, 0.29) is 0 Å². The maximum atomic E-state index is 5.67. The lowest BCUT2D eigenvalue weighted by atomic mass is 10.1. The molecule has 84 valence electrons. The van der Waals surface area contributed by atoms with Crippen molar-refractivity contribution in [3.05, 3.63) is 0 Å². The predicted molar refractivity (Wildman–Crippen MR) is 67.3 cm³/mol. The molecule has 2 N–H and O–H groups in total. The van der Waals surface area contributed by atoms with Gasteiger partial charge in [-0.2, -0.15) is 0 Å². The highest BCUT2D eigenvalue weighted by molar-refractivity contribution is 7.80. The number of thiocarbonyl (C=S) groups is 1. The molecule has 0 spiro atoms. The lowest BCUT2D eigenvalue weighted by molar-refractivity contribution is 0.356. The van der Waals surface area contributed by atoms with E-state index in [0.717, 1.165) is 25.9 Å². The molecule has 0 unspecified atom stereocenters. The fourth-order valence-corrected chi connectivity index (χ4v) is 1.34. The van der Waals surface area contributed by atoms with Crippen LogP contribution in [0.15, 0.2) is 0 Å².